The third kappa shape index (κ3) is 3.24. The van der Waals surface area contributed by atoms with E-state index in [4.69, 9.17) is 5.11 Å². The van der Waals surface area contributed by atoms with E-state index in [-0.39, 0.29) is 23.0 Å². The molecule has 0 radical (unpaired) electrons. The molecule has 2 heterocycles. The van der Waals surface area contributed by atoms with Crippen LogP contribution < -0.4 is 16.2 Å². The highest BCUT2D eigenvalue weighted by Crippen LogP contribution is 2.19. The number of carbonyl (C=O) groups is 1. The molecule has 23 heavy (non-hydrogen) atoms. The number of amides is 1. The first-order valence-electron chi connectivity index (χ1n) is 6.80. The summed E-state index contributed by atoms with van der Waals surface area (Å²) < 4.78 is 1.03. The summed E-state index contributed by atoms with van der Waals surface area (Å²) in [6.07, 6.45) is -4.79. The number of aliphatic hydroxyl groups excluding tert-OH is 4. The number of anilines is 1. The van der Waals surface area contributed by atoms with Crippen LogP contribution in [0.1, 0.15) is 16.2 Å². The quantitative estimate of drug-likeness (QED) is 0.340. The second-order valence-corrected chi connectivity index (χ2v) is 5.18. The van der Waals surface area contributed by atoms with Gasteiger partial charge in [-0.25, -0.2) is 4.98 Å². The zero-order valence-corrected chi connectivity index (χ0v) is 12.4. The molecule has 0 saturated carbocycles. The Hall–Kier alpha value is -2.27. The minimum absolute atomic E-state index is 0.0256. The molecular formula is C13H18N4O6. The van der Waals surface area contributed by atoms with E-state index in [0.717, 1.165) is 4.57 Å². The fraction of sp³-hybridized carbons (Fsp3) is 0.462. The van der Waals surface area contributed by atoms with Crippen LogP contribution in [0.2, 0.25) is 0 Å². The van der Waals surface area contributed by atoms with Crippen LogP contribution in [0, 0.1) is 6.92 Å². The van der Waals surface area contributed by atoms with Gasteiger partial charge in [-0.05, 0) is 6.92 Å². The standard InChI is InChI=1S/C13H18N4O6/c1-5-13(23)17(3-7(19)10(21)8(20)4-18)11-9(14-5)12(22)16-6(2)15-11/h7-8,10,15,18-21H,2-4H2,1H3,(H,16,22)/t7-,8+,10-/m0/s1. The molecule has 0 spiro atoms. The highest BCUT2D eigenvalue weighted by atomic mass is 16.4. The van der Waals surface area contributed by atoms with E-state index in [9.17, 15) is 24.9 Å². The summed E-state index contributed by atoms with van der Waals surface area (Å²) in [6.45, 7) is 3.77. The van der Waals surface area contributed by atoms with Crippen molar-refractivity contribution < 1.29 is 25.2 Å². The van der Waals surface area contributed by atoms with E-state index >= 15 is 0 Å². The molecule has 1 aliphatic heterocycles. The van der Waals surface area contributed by atoms with Crippen molar-refractivity contribution in [2.45, 2.75) is 31.8 Å². The molecule has 1 aromatic rings. The van der Waals surface area contributed by atoms with E-state index in [1.807, 2.05) is 0 Å². The molecule has 0 aliphatic carbocycles. The zero-order valence-electron chi connectivity index (χ0n) is 12.4. The Balaban J connectivity index is 2.44. The van der Waals surface area contributed by atoms with Crippen LogP contribution in [0.4, 0.5) is 5.82 Å². The van der Waals surface area contributed by atoms with Gasteiger partial charge in [-0.15, -0.1) is 0 Å². The number of hydrogen-bond donors (Lipinski definition) is 6. The Kier molecular flexibility index (Phi) is 4.80. The average Bonchev–Trinajstić information content (AvgIpc) is 2.51. The summed E-state index contributed by atoms with van der Waals surface area (Å²) in [5.74, 6) is -0.406. The topological polar surface area (TPSA) is 157 Å². The monoisotopic (exact) mass is 326 g/mol. The maximum absolute atomic E-state index is 12.2. The summed E-state index contributed by atoms with van der Waals surface area (Å²) >= 11 is 0. The predicted octanol–water partition coefficient (Wildman–Crippen LogP) is -2.75. The van der Waals surface area contributed by atoms with E-state index in [1.165, 1.54) is 6.92 Å². The molecule has 1 aromatic heterocycles. The Morgan fingerprint density at radius 2 is 1.87 bits per heavy atom. The second kappa shape index (κ2) is 6.46. The molecule has 1 amide bonds. The van der Waals surface area contributed by atoms with Crippen LogP contribution in [0.3, 0.4) is 0 Å². The Morgan fingerprint density at radius 1 is 1.22 bits per heavy atom. The van der Waals surface area contributed by atoms with Gasteiger partial charge in [-0.3, -0.25) is 14.2 Å². The summed E-state index contributed by atoms with van der Waals surface area (Å²) in [6, 6.07) is 0. The van der Waals surface area contributed by atoms with E-state index in [0.29, 0.717) is 0 Å². The van der Waals surface area contributed by atoms with Crippen LogP contribution in [-0.4, -0.2) is 60.8 Å². The van der Waals surface area contributed by atoms with Crippen molar-refractivity contribution in [2.75, 3.05) is 11.9 Å². The average molecular weight is 326 g/mol. The van der Waals surface area contributed by atoms with Gasteiger partial charge in [-0.1, -0.05) is 6.58 Å². The molecule has 126 valence electrons. The van der Waals surface area contributed by atoms with Gasteiger partial charge in [0.2, 0.25) is 0 Å². The normalized spacial score (nSPS) is 17.8. The molecule has 10 nitrogen and oxygen atoms in total. The third-order valence-corrected chi connectivity index (χ3v) is 3.42. The van der Waals surface area contributed by atoms with Crippen molar-refractivity contribution in [2.24, 2.45) is 0 Å². The first-order valence-corrected chi connectivity index (χ1v) is 6.80. The molecule has 1 aliphatic rings. The Bertz CT molecular complexity index is 700. The van der Waals surface area contributed by atoms with Gasteiger partial charge in [0.25, 0.3) is 11.5 Å². The van der Waals surface area contributed by atoms with Gasteiger partial charge in [0.1, 0.15) is 35.6 Å². The minimum Gasteiger partial charge on any atom is -0.394 e. The minimum atomic E-state index is -1.67. The van der Waals surface area contributed by atoms with Crippen molar-refractivity contribution in [1.29, 1.82) is 0 Å². The fourth-order valence-electron chi connectivity index (χ4n) is 2.18. The molecule has 3 atom stereocenters. The molecule has 0 unspecified atom stereocenters. The van der Waals surface area contributed by atoms with Gasteiger partial charge in [0, 0.05) is 0 Å². The number of rotatable bonds is 5. The number of carbonyl (C=O) groups excluding carboxylic acids is 1. The number of aryl methyl sites for hydroxylation is 1. The highest BCUT2D eigenvalue weighted by Gasteiger charge is 2.29. The second-order valence-electron chi connectivity index (χ2n) is 5.18. The van der Waals surface area contributed by atoms with Gasteiger partial charge in [0.05, 0.1) is 13.2 Å². The smallest absolute Gasteiger partial charge is 0.279 e. The van der Waals surface area contributed by atoms with Crippen molar-refractivity contribution in [3.63, 3.8) is 0 Å². The zero-order chi connectivity index (χ0) is 17.3. The first kappa shape index (κ1) is 17.1. The SMILES string of the molecule is C=C1NC(=O)c2nc(C)c(=O)n(C[C@H](O)[C@H](O)[C@H](O)CO)c2N1. The molecule has 0 bridgehead atoms. The summed E-state index contributed by atoms with van der Waals surface area (Å²) in [5, 5.41) is 42.9. The maximum atomic E-state index is 12.2. The number of hydrogen-bond acceptors (Lipinski definition) is 8. The van der Waals surface area contributed by atoms with Gasteiger partial charge >= 0.3 is 0 Å². The number of nitrogens with one attached hydrogen (secondary N) is 2. The Labute approximate surface area is 130 Å². The van der Waals surface area contributed by atoms with Crippen LogP contribution in [-0.2, 0) is 6.54 Å². The number of aromatic nitrogens is 2. The molecule has 0 fully saturated rings. The van der Waals surface area contributed by atoms with Crippen LogP contribution in [0.15, 0.2) is 17.2 Å². The lowest BCUT2D eigenvalue weighted by Crippen LogP contribution is -2.45. The van der Waals surface area contributed by atoms with E-state index in [2.05, 4.69) is 22.2 Å². The van der Waals surface area contributed by atoms with Crippen molar-refractivity contribution in [1.82, 2.24) is 14.9 Å². The lowest BCUT2D eigenvalue weighted by atomic mass is 10.1. The molecule has 6 N–H and O–H groups in total. The van der Waals surface area contributed by atoms with Gasteiger partial charge < -0.3 is 31.1 Å². The molecule has 0 aromatic carbocycles. The summed E-state index contributed by atoms with van der Waals surface area (Å²) in [4.78, 5) is 28.1. The lowest BCUT2D eigenvalue weighted by Gasteiger charge is -2.27. The number of aliphatic hydroxyl groups is 4. The van der Waals surface area contributed by atoms with Crippen LogP contribution in [0.5, 0.6) is 0 Å². The first-order chi connectivity index (χ1) is 10.8. The molecule has 0 saturated heterocycles. The van der Waals surface area contributed by atoms with E-state index < -0.39 is 42.9 Å². The lowest BCUT2D eigenvalue weighted by molar-refractivity contribution is -0.0807. The fourth-order valence-corrected chi connectivity index (χ4v) is 2.18. The van der Waals surface area contributed by atoms with Crippen LogP contribution >= 0.6 is 0 Å². The maximum Gasteiger partial charge on any atom is 0.279 e. The Morgan fingerprint density at radius 3 is 2.48 bits per heavy atom. The predicted molar refractivity (Wildman–Crippen MR) is 78.6 cm³/mol. The molecule has 10 heteroatoms. The number of nitrogens with zero attached hydrogens (tertiary/aromatic N) is 2. The van der Waals surface area contributed by atoms with Crippen LogP contribution in [0.25, 0.3) is 0 Å². The van der Waals surface area contributed by atoms with Crippen molar-refractivity contribution in [3.8, 4) is 0 Å². The van der Waals surface area contributed by atoms with Gasteiger partial charge in [-0.2, -0.15) is 0 Å². The molecular weight excluding hydrogens is 308 g/mol. The van der Waals surface area contributed by atoms with E-state index in [1.54, 1.807) is 0 Å². The van der Waals surface area contributed by atoms with Crippen molar-refractivity contribution in [3.05, 3.63) is 34.1 Å². The summed E-state index contributed by atoms with van der Waals surface area (Å²) in [5.41, 5.74) is -0.611. The summed E-state index contributed by atoms with van der Waals surface area (Å²) in [7, 11) is 0. The number of fused-ring (bicyclic) bond motifs is 1. The highest BCUT2D eigenvalue weighted by molar-refractivity contribution is 6.00. The molecule has 2 rings (SSSR count). The largest absolute Gasteiger partial charge is 0.394 e. The third-order valence-electron chi connectivity index (χ3n) is 3.42. The van der Waals surface area contributed by atoms with Crippen molar-refractivity contribution >= 4 is 11.7 Å². The van der Waals surface area contributed by atoms with Gasteiger partial charge in [0.15, 0.2) is 5.69 Å².